The Bertz CT molecular complexity index is 2010. The van der Waals surface area contributed by atoms with Crippen LogP contribution in [0.4, 0.5) is 0 Å². The van der Waals surface area contributed by atoms with Crippen LogP contribution in [0.1, 0.15) is 96.9 Å². The molecule has 0 aromatic rings. The smallest absolute Gasteiger partial charge is 0.303 e. The van der Waals surface area contributed by atoms with Crippen LogP contribution >= 0.6 is 0 Å². The van der Waals surface area contributed by atoms with Crippen molar-refractivity contribution in [1.82, 2.24) is 0 Å². The summed E-state index contributed by atoms with van der Waals surface area (Å²) in [6.45, 7) is 15.6. The summed E-state index contributed by atoms with van der Waals surface area (Å²) in [6, 6.07) is 0. The molecule has 73 heavy (non-hydrogen) atoms. The van der Waals surface area contributed by atoms with Crippen molar-refractivity contribution in [2.45, 2.75) is 213 Å². The quantitative estimate of drug-likeness (QED) is 0.132. The first-order valence-electron chi connectivity index (χ1n) is 23.3. The molecule has 12 unspecified atom stereocenters. The van der Waals surface area contributed by atoms with Crippen molar-refractivity contribution in [1.29, 1.82) is 0 Å². The van der Waals surface area contributed by atoms with Crippen LogP contribution in [0.25, 0.3) is 0 Å². The van der Waals surface area contributed by atoms with Crippen molar-refractivity contribution in [2.24, 2.45) is 5.92 Å². The van der Waals surface area contributed by atoms with Gasteiger partial charge in [-0.05, 0) is 20.8 Å². The minimum absolute atomic E-state index is 0.533. The van der Waals surface area contributed by atoms with E-state index in [2.05, 4.69) is 0 Å². The fourth-order valence-corrected chi connectivity index (χ4v) is 8.70. The molecule has 27 heteroatoms. The molecule has 0 aromatic heterocycles. The normalized spacial score (nSPS) is 36.1. The lowest BCUT2D eigenvalue weighted by atomic mass is 9.88. The molecular weight excluding hydrogens is 984 g/mol. The van der Waals surface area contributed by atoms with Crippen LogP contribution in [-0.2, 0) is 128 Å². The summed E-state index contributed by atoms with van der Waals surface area (Å²) in [5.74, 6) is -9.51. The lowest BCUT2D eigenvalue weighted by Gasteiger charge is -2.51. The van der Waals surface area contributed by atoms with Crippen LogP contribution in [0.5, 0.6) is 0 Å². The Labute approximate surface area is 420 Å². The first-order chi connectivity index (χ1) is 34.1. The fourth-order valence-electron chi connectivity index (χ4n) is 8.70. The van der Waals surface area contributed by atoms with Crippen LogP contribution in [0.3, 0.4) is 0 Å². The van der Waals surface area contributed by atoms with E-state index in [0.717, 1.165) is 69.2 Å². The molecule has 0 N–H and O–H groups in total. The average molecular weight is 1050 g/mol. The Morgan fingerprint density at radius 1 is 0.288 bits per heavy atom. The number of esters is 10. The molecule has 4 heterocycles. The molecule has 0 bridgehead atoms. The number of rotatable bonds is 18. The van der Waals surface area contributed by atoms with Crippen LogP contribution < -0.4 is 0 Å². The molecule has 0 spiro atoms. The van der Waals surface area contributed by atoms with Gasteiger partial charge in [-0.15, -0.1) is 0 Å². The van der Waals surface area contributed by atoms with Gasteiger partial charge in [-0.2, -0.15) is 0 Å². The predicted octanol–water partition coefficient (Wildman–Crippen LogP) is 0.360. The van der Waals surface area contributed by atoms with Gasteiger partial charge >= 0.3 is 59.7 Å². The van der Waals surface area contributed by atoms with Crippen molar-refractivity contribution in [3.05, 3.63) is 0 Å². The van der Waals surface area contributed by atoms with Gasteiger partial charge in [0.2, 0.25) is 0 Å². The maximum Gasteiger partial charge on any atom is 0.303 e. The number of hydrogen-bond acceptors (Lipinski definition) is 27. The number of hydrogen-bond donors (Lipinski definition) is 0. The van der Waals surface area contributed by atoms with E-state index in [1.54, 1.807) is 13.8 Å². The zero-order valence-electron chi connectivity index (χ0n) is 43.0. The van der Waals surface area contributed by atoms with E-state index in [-0.39, 0.29) is 0 Å². The fraction of sp³-hybridized carbons (Fsp3) is 0.783. The van der Waals surface area contributed by atoms with E-state index in [4.69, 9.17) is 80.5 Å². The maximum atomic E-state index is 13.1. The Kier molecular flexibility index (Phi) is 21.8. The van der Waals surface area contributed by atoms with Crippen molar-refractivity contribution < 1.29 is 128 Å². The molecule has 27 nitrogen and oxygen atoms in total. The summed E-state index contributed by atoms with van der Waals surface area (Å²) in [7, 11) is 0. The number of carbonyl (C=O) groups is 10. The van der Waals surface area contributed by atoms with E-state index < -0.39 is 195 Å². The molecule has 4 aliphatic rings. The SMILES string of the molecule is CC(=O)OCC1O[C@@H](OC2C(COC(C)=O)O[C@@H](C)C(C)[C@H]2O[C@@H]2OC(C)C(OC(C)=O)[C@@H](OC(C)=O)C2OC(C)=O)C(OC2OC(C)[C@H](OC(C)=O)C(OC(C)=O)[C@@H]2OC(C)=O)[C@@H](OC(C)=O)C1OC(C)=O. The second-order valence-corrected chi connectivity index (χ2v) is 17.7. The summed E-state index contributed by atoms with van der Waals surface area (Å²) in [5.41, 5.74) is 0. The van der Waals surface area contributed by atoms with E-state index in [9.17, 15) is 47.9 Å². The second kappa shape index (κ2) is 26.6. The first-order valence-corrected chi connectivity index (χ1v) is 23.3. The first kappa shape index (κ1) is 60.0. The summed E-state index contributed by atoms with van der Waals surface area (Å²) >= 11 is 0. The minimum Gasteiger partial charge on any atom is -0.463 e. The zero-order chi connectivity index (χ0) is 54.8. The monoisotopic (exact) mass is 1050 g/mol. The van der Waals surface area contributed by atoms with Gasteiger partial charge in [0.1, 0.15) is 31.5 Å². The standard InChI is InChI=1S/C46H66O27/c1-17-18(2)59-31(15-57-21(5)47)36(33(17)71-44-41(68-29(13)55)38(65-26(10)52)34(19(3)60-44)62-23(7)49)72-46-43(40(67-28(12)54)37(64-25(9)51)32(70-46)16-58-22(6)48)73-45-42(69-30(14)56)39(66-27(11)53)35(20(4)61-45)63-24(8)50/h17-20,31-46H,15-16H2,1-14H3/t17?,18-,19?,20?,31?,32?,33+,34?,35-,36?,37?,38+,39?,40-,41?,42-,43?,44-,45?,46-/m0/s1. The molecule has 4 saturated heterocycles. The molecule has 0 saturated carbocycles. The van der Waals surface area contributed by atoms with Crippen molar-refractivity contribution in [3.8, 4) is 0 Å². The van der Waals surface area contributed by atoms with Gasteiger partial charge in [-0.25, -0.2) is 0 Å². The third kappa shape index (κ3) is 16.7. The van der Waals surface area contributed by atoms with Gasteiger partial charge in [-0.1, -0.05) is 6.92 Å². The highest BCUT2D eigenvalue weighted by Crippen LogP contribution is 2.40. The van der Waals surface area contributed by atoms with Gasteiger partial charge in [0.05, 0.1) is 24.4 Å². The molecule has 0 amide bonds. The molecule has 4 aliphatic heterocycles. The number of carbonyl (C=O) groups excluding carboxylic acids is 10. The van der Waals surface area contributed by atoms with Gasteiger partial charge in [0.15, 0.2) is 73.8 Å². The topological polar surface area (TPSA) is 328 Å². The Hall–Kier alpha value is -5.58. The lowest BCUT2D eigenvalue weighted by Crippen LogP contribution is -2.68. The summed E-state index contributed by atoms with van der Waals surface area (Å²) in [6.07, 6.45) is -29.0. The van der Waals surface area contributed by atoms with Crippen LogP contribution in [-0.4, -0.2) is 189 Å². The Morgan fingerprint density at radius 3 is 0.945 bits per heavy atom. The Morgan fingerprint density at radius 2 is 0.575 bits per heavy atom. The highest BCUT2D eigenvalue weighted by Gasteiger charge is 2.60. The largest absolute Gasteiger partial charge is 0.463 e. The van der Waals surface area contributed by atoms with Crippen LogP contribution in [0, 0.1) is 5.92 Å². The van der Waals surface area contributed by atoms with Gasteiger partial charge < -0.3 is 80.5 Å². The van der Waals surface area contributed by atoms with Crippen molar-refractivity contribution in [2.75, 3.05) is 13.2 Å². The highest BCUT2D eigenvalue weighted by atomic mass is 16.8. The van der Waals surface area contributed by atoms with E-state index in [1.807, 2.05) is 0 Å². The average Bonchev–Trinajstić information content (AvgIpc) is 3.25. The van der Waals surface area contributed by atoms with Crippen molar-refractivity contribution >= 4 is 59.7 Å². The van der Waals surface area contributed by atoms with Crippen LogP contribution in [0.15, 0.2) is 0 Å². The summed E-state index contributed by atoms with van der Waals surface area (Å²) in [4.78, 5) is 126. The molecule has 412 valence electrons. The molecule has 4 rings (SSSR count). The van der Waals surface area contributed by atoms with E-state index in [0.29, 0.717) is 0 Å². The summed E-state index contributed by atoms with van der Waals surface area (Å²) < 4.78 is 101. The summed E-state index contributed by atoms with van der Waals surface area (Å²) in [5, 5.41) is 0. The molecule has 0 radical (unpaired) electrons. The lowest BCUT2D eigenvalue weighted by molar-refractivity contribution is -0.388. The van der Waals surface area contributed by atoms with E-state index in [1.165, 1.54) is 13.8 Å². The zero-order valence-corrected chi connectivity index (χ0v) is 43.0. The third-order valence-corrected chi connectivity index (χ3v) is 11.6. The highest BCUT2D eigenvalue weighted by molar-refractivity contribution is 5.70. The molecule has 4 fully saturated rings. The van der Waals surface area contributed by atoms with E-state index >= 15 is 0 Å². The molecular formula is C46H66O27. The second-order valence-electron chi connectivity index (χ2n) is 17.7. The van der Waals surface area contributed by atoms with Gasteiger partial charge in [0, 0.05) is 75.2 Å². The minimum atomic E-state index is -1.95. The maximum absolute atomic E-state index is 13.1. The molecule has 0 aliphatic carbocycles. The Balaban J connectivity index is 1.97. The third-order valence-electron chi connectivity index (χ3n) is 11.6. The van der Waals surface area contributed by atoms with Crippen LogP contribution in [0.2, 0.25) is 0 Å². The molecule has 20 atom stereocenters. The van der Waals surface area contributed by atoms with Crippen molar-refractivity contribution in [3.63, 3.8) is 0 Å². The molecule has 0 aromatic carbocycles. The predicted molar refractivity (Wildman–Crippen MR) is 233 cm³/mol. The number of ether oxygens (including phenoxy) is 17. The van der Waals surface area contributed by atoms with Gasteiger partial charge in [-0.3, -0.25) is 47.9 Å². The van der Waals surface area contributed by atoms with Gasteiger partial charge in [0.25, 0.3) is 0 Å².